The first-order chi connectivity index (χ1) is 14.1. The van der Waals surface area contributed by atoms with Crippen LogP contribution in [0.15, 0.2) is 84.9 Å². The summed E-state index contributed by atoms with van der Waals surface area (Å²) in [5.74, 6) is -0.274. The fourth-order valence-electron chi connectivity index (χ4n) is 3.21. The number of nitrogens with one attached hydrogen (secondary N) is 1. The zero-order chi connectivity index (χ0) is 20.6. The average molecular weight is 386 g/mol. The maximum atomic E-state index is 13.0. The lowest BCUT2D eigenvalue weighted by Gasteiger charge is -2.21. The number of hydrogen-bond acceptors (Lipinski definition) is 2. The molecular formula is C25H26N2O2. The van der Waals surface area contributed by atoms with Crippen LogP contribution >= 0.6 is 0 Å². The number of amides is 2. The van der Waals surface area contributed by atoms with Gasteiger partial charge in [0.2, 0.25) is 0 Å². The van der Waals surface area contributed by atoms with Crippen molar-refractivity contribution in [3.8, 4) is 0 Å². The van der Waals surface area contributed by atoms with Gasteiger partial charge in [0, 0.05) is 24.2 Å². The molecule has 0 heterocycles. The van der Waals surface area contributed by atoms with E-state index in [4.69, 9.17) is 0 Å². The molecule has 148 valence electrons. The van der Waals surface area contributed by atoms with E-state index in [1.165, 1.54) is 0 Å². The second-order valence-electron chi connectivity index (χ2n) is 6.99. The first-order valence-corrected chi connectivity index (χ1v) is 9.87. The molecule has 4 heteroatoms. The Labute approximate surface area is 172 Å². The van der Waals surface area contributed by atoms with Gasteiger partial charge in [0.05, 0.1) is 6.04 Å². The Morgan fingerprint density at radius 3 is 2.14 bits per heavy atom. The van der Waals surface area contributed by atoms with E-state index in [9.17, 15) is 9.59 Å². The zero-order valence-corrected chi connectivity index (χ0v) is 16.8. The summed E-state index contributed by atoms with van der Waals surface area (Å²) in [5.41, 5.74) is 3.11. The summed E-state index contributed by atoms with van der Waals surface area (Å²) >= 11 is 0. The van der Waals surface area contributed by atoms with Crippen LogP contribution < -0.4 is 5.32 Å². The van der Waals surface area contributed by atoms with Crippen LogP contribution in [0.5, 0.6) is 0 Å². The van der Waals surface area contributed by atoms with Crippen LogP contribution in [0.4, 0.5) is 0 Å². The Balaban J connectivity index is 1.72. The Hall–Kier alpha value is -3.40. The number of nitrogens with zero attached hydrogens (tertiary/aromatic N) is 1. The lowest BCUT2D eigenvalue weighted by Crippen LogP contribution is -2.31. The van der Waals surface area contributed by atoms with Crippen molar-refractivity contribution in [2.24, 2.45) is 0 Å². The van der Waals surface area contributed by atoms with Crippen LogP contribution in [0.3, 0.4) is 0 Å². The molecule has 1 unspecified atom stereocenters. The van der Waals surface area contributed by atoms with Crippen LogP contribution in [0.2, 0.25) is 0 Å². The van der Waals surface area contributed by atoms with Gasteiger partial charge in [-0.25, -0.2) is 0 Å². The molecule has 0 radical (unpaired) electrons. The molecule has 2 amide bonds. The molecule has 4 nitrogen and oxygen atoms in total. The fraction of sp³-hybridized carbons (Fsp3) is 0.200. The quantitative estimate of drug-likeness (QED) is 0.632. The maximum Gasteiger partial charge on any atom is 0.254 e. The third-order valence-electron chi connectivity index (χ3n) is 4.90. The predicted molar refractivity (Wildman–Crippen MR) is 116 cm³/mol. The highest BCUT2D eigenvalue weighted by Gasteiger charge is 2.17. The van der Waals surface area contributed by atoms with Gasteiger partial charge in [-0.2, -0.15) is 0 Å². The van der Waals surface area contributed by atoms with Gasteiger partial charge in [-0.3, -0.25) is 9.59 Å². The second kappa shape index (κ2) is 9.69. The van der Waals surface area contributed by atoms with E-state index >= 15 is 0 Å². The van der Waals surface area contributed by atoms with Crippen molar-refractivity contribution >= 4 is 11.8 Å². The summed E-state index contributed by atoms with van der Waals surface area (Å²) in [6.45, 7) is 5.03. The minimum atomic E-state index is -0.192. The highest BCUT2D eigenvalue weighted by atomic mass is 16.2. The summed E-state index contributed by atoms with van der Waals surface area (Å²) in [4.78, 5) is 27.5. The highest BCUT2D eigenvalue weighted by Crippen LogP contribution is 2.15. The fourth-order valence-corrected chi connectivity index (χ4v) is 3.21. The normalized spacial score (nSPS) is 11.5. The van der Waals surface area contributed by atoms with Crippen molar-refractivity contribution in [3.63, 3.8) is 0 Å². The molecule has 0 spiro atoms. The van der Waals surface area contributed by atoms with E-state index in [-0.39, 0.29) is 17.9 Å². The number of hydrogen-bond donors (Lipinski definition) is 1. The van der Waals surface area contributed by atoms with Crippen LogP contribution in [0, 0.1) is 0 Å². The Kier molecular flexibility index (Phi) is 6.80. The molecule has 3 rings (SSSR count). The number of carbonyl (C=O) groups is 2. The SMILES string of the molecule is CCN(Cc1ccccc1)C(=O)c1cccc(C(=O)NC(C)c2ccccc2)c1. The summed E-state index contributed by atoms with van der Waals surface area (Å²) in [7, 11) is 0. The van der Waals surface area contributed by atoms with Crippen LogP contribution in [-0.4, -0.2) is 23.3 Å². The van der Waals surface area contributed by atoms with Crippen molar-refractivity contribution < 1.29 is 9.59 Å². The number of benzene rings is 3. The Bertz CT molecular complexity index is 955. The molecule has 0 saturated heterocycles. The maximum absolute atomic E-state index is 13.0. The third-order valence-corrected chi connectivity index (χ3v) is 4.90. The summed E-state index contributed by atoms with van der Waals surface area (Å²) in [5, 5.41) is 3.00. The van der Waals surface area contributed by atoms with Gasteiger partial charge < -0.3 is 10.2 Å². The van der Waals surface area contributed by atoms with E-state index in [0.717, 1.165) is 11.1 Å². The van der Waals surface area contributed by atoms with Gasteiger partial charge >= 0.3 is 0 Å². The number of rotatable bonds is 7. The van der Waals surface area contributed by atoms with Crippen molar-refractivity contribution in [2.75, 3.05) is 6.54 Å². The van der Waals surface area contributed by atoms with E-state index in [2.05, 4.69) is 5.32 Å². The summed E-state index contributed by atoms with van der Waals surface area (Å²) < 4.78 is 0. The first kappa shape index (κ1) is 20.3. The lowest BCUT2D eigenvalue weighted by molar-refractivity contribution is 0.0752. The molecule has 3 aromatic carbocycles. The monoisotopic (exact) mass is 386 g/mol. The van der Waals surface area contributed by atoms with Crippen molar-refractivity contribution in [1.82, 2.24) is 10.2 Å². The van der Waals surface area contributed by atoms with Gasteiger partial charge in [-0.05, 0) is 43.2 Å². The zero-order valence-electron chi connectivity index (χ0n) is 16.8. The van der Waals surface area contributed by atoms with Gasteiger partial charge in [0.1, 0.15) is 0 Å². The molecule has 1 N–H and O–H groups in total. The predicted octanol–water partition coefficient (Wildman–Crippen LogP) is 4.84. The molecule has 0 aromatic heterocycles. The highest BCUT2D eigenvalue weighted by molar-refractivity contribution is 5.99. The van der Waals surface area contributed by atoms with Crippen LogP contribution in [-0.2, 0) is 6.54 Å². The molecule has 1 atom stereocenters. The standard InChI is InChI=1S/C25H26N2O2/c1-3-27(18-20-11-6-4-7-12-20)25(29)23-16-10-15-22(17-23)24(28)26-19(2)21-13-8-5-9-14-21/h4-17,19H,3,18H2,1-2H3,(H,26,28). The minimum Gasteiger partial charge on any atom is -0.346 e. The van der Waals surface area contributed by atoms with Crippen LogP contribution in [0.1, 0.15) is 51.7 Å². The average Bonchev–Trinajstić information content (AvgIpc) is 2.78. The molecule has 3 aromatic rings. The summed E-state index contributed by atoms with van der Waals surface area (Å²) in [6, 6.07) is 26.5. The van der Waals surface area contributed by atoms with Crippen molar-refractivity contribution in [3.05, 3.63) is 107 Å². The van der Waals surface area contributed by atoms with E-state index in [0.29, 0.717) is 24.2 Å². The molecular weight excluding hydrogens is 360 g/mol. The number of carbonyl (C=O) groups excluding carboxylic acids is 2. The lowest BCUT2D eigenvalue weighted by atomic mass is 10.1. The molecule has 0 aliphatic carbocycles. The van der Waals surface area contributed by atoms with Gasteiger partial charge in [0.25, 0.3) is 11.8 Å². The first-order valence-electron chi connectivity index (χ1n) is 9.87. The van der Waals surface area contributed by atoms with E-state index < -0.39 is 0 Å². The summed E-state index contributed by atoms with van der Waals surface area (Å²) in [6.07, 6.45) is 0. The molecule has 0 fully saturated rings. The molecule has 0 aliphatic rings. The van der Waals surface area contributed by atoms with Crippen molar-refractivity contribution in [2.45, 2.75) is 26.4 Å². The van der Waals surface area contributed by atoms with Gasteiger partial charge in [-0.15, -0.1) is 0 Å². The Morgan fingerprint density at radius 2 is 1.48 bits per heavy atom. The molecule has 0 bridgehead atoms. The topological polar surface area (TPSA) is 49.4 Å². The minimum absolute atomic E-state index is 0.0814. The van der Waals surface area contributed by atoms with Gasteiger partial charge in [0.15, 0.2) is 0 Å². The Morgan fingerprint density at radius 1 is 0.862 bits per heavy atom. The molecule has 0 saturated carbocycles. The van der Waals surface area contributed by atoms with Crippen molar-refractivity contribution in [1.29, 1.82) is 0 Å². The second-order valence-corrected chi connectivity index (χ2v) is 6.99. The molecule has 0 aliphatic heterocycles. The van der Waals surface area contributed by atoms with Crippen LogP contribution in [0.25, 0.3) is 0 Å². The third kappa shape index (κ3) is 5.32. The smallest absolute Gasteiger partial charge is 0.254 e. The van der Waals surface area contributed by atoms with E-state index in [1.54, 1.807) is 29.2 Å². The molecule has 29 heavy (non-hydrogen) atoms. The van der Waals surface area contributed by atoms with Gasteiger partial charge in [-0.1, -0.05) is 66.7 Å². The van der Waals surface area contributed by atoms with E-state index in [1.807, 2.05) is 74.5 Å². The largest absolute Gasteiger partial charge is 0.346 e.